The maximum atomic E-state index is 10.7. The first-order valence-corrected chi connectivity index (χ1v) is 4.61. The number of carbonyl (C=O) groups is 1. The molecule has 1 aromatic carbocycles. The van der Waals surface area contributed by atoms with Crippen molar-refractivity contribution < 1.29 is 9.72 Å². The highest BCUT2D eigenvalue weighted by atomic mass is 35.5. The number of para-hydroxylation sites is 1. The van der Waals surface area contributed by atoms with Crippen LogP contribution in [0.1, 0.15) is 5.56 Å². The van der Waals surface area contributed by atoms with E-state index in [2.05, 4.69) is 0 Å². The smallest absolute Gasteiger partial charge is 0.272 e. The average molecular weight is 229 g/mol. The topological polar surface area (TPSA) is 86.2 Å². The van der Waals surface area contributed by atoms with Crippen LogP contribution in [-0.4, -0.2) is 16.2 Å². The van der Waals surface area contributed by atoms with Gasteiger partial charge in [-0.2, -0.15) is 0 Å². The van der Waals surface area contributed by atoms with Gasteiger partial charge >= 0.3 is 0 Å². The fraction of sp³-hybridized carbons (Fsp3) is 0.222. The van der Waals surface area contributed by atoms with Gasteiger partial charge in [0, 0.05) is 18.1 Å². The summed E-state index contributed by atoms with van der Waals surface area (Å²) in [5.41, 5.74) is 5.32. The number of nitro groups is 1. The molecule has 0 heterocycles. The molecule has 2 N–H and O–H groups in total. The van der Waals surface area contributed by atoms with Crippen molar-refractivity contribution in [3.63, 3.8) is 0 Å². The fourth-order valence-electron chi connectivity index (χ4n) is 1.16. The highest BCUT2D eigenvalue weighted by molar-refractivity contribution is 6.30. The second-order valence-corrected chi connectivity index (χ2v) is 3.49. The summed E-state index contributed by atoms with van der Waals surface area (Å²) < 4.78 is 0. The van der Waals surface area contributed by atoms with Crippen molar-refractivity contribution in [2.24, 2.45) is 5.73 Å². The van der Waals surface area contributed by atoms with Crippen molar-refractivity contribution in [3.05, 3.63) is 39.9 Å². The van der Waals surface area contributed by atoms with Gasteiger partial charge in [0.25, 0.3) is 5.69 Å². The Balaban J connectivity index is 2.94. The lowest BCUT2D eigenvalue weighted by Crippen LogP contribution is -2.25. The number of rotatable bonds is 4. The first-order chi connectivity index (χ1) is 7.02. The maximum Gasteiger partial charge on any atom is 0.272 e. The van der Waals surface area contributed by atoms with E-state index in [0.29, 0.717) is 5.56 Å². The average Bonchev–Trinajstić information content (AvgIpc) is 2.18. The zero-order valence-corrected chi connectivity index (χ0v) is 8.48. The first-order valence-electron chi connectivity index (χ1n) is 4.18. The lowest BCUT2D eigenvalue weighted by molar-refractivity contribution is -0.385. The monoisotopic (exact) mass is 228 g/mol. The van der Waals surface area contributed by atoms with E-state index in [1.54, 1.807) is 18.2 Å². The van der Waals surface area contributed by atoms with Gasteiger partial charge in [0.1, 0.15) is 5.38 Å². The van der Waals surface area contributed by atoms with E-state index in [0.717, 1.165) is 0 Å². The summed E-state index contributed by atoms with van der Waals surface area (Å²) in [6, 6.07) is 6.11. The molecule has 0 saturated heterocycles. The lowest BCUT2D eigenvalue weighted by Gasteiger charge is -2.05. The van der Waals surface area contributed by atoms with Gasteiger partial charge in [-0.05, 0) is 0 Å². The van der Waals surface area contributed by atoms with Crippen molar-refractivity contribution in [2.75, 3.05) is 0 Å². The molecule has 6 heteroatoms. The highest BCUT2D eigenvalue weighted by Gasteiger charge is 2.18. The summed E-state index contributed by atoms with van der Waals surface area (Å²) >= 11 is 5.63. The third-order valence-electron chi connectivity index (χ3n) is 1.90. The number of hydrogen-bond acceptors (Lipinski definition) is 3. The molecule has 0 aliphatic carbocycles. The van der Waals surface area contributed by atoms with Crippen LogP contribution in [0.5, 0.6) is 0 Å². The molecule has 0 aromatic heterocycles. The van der Waals surface area contributed by atoms with Gasteiger partial charge in [-0.15, -0.1) is 11.6 Å². The molecule has 1 unspecified atom stereocenters. The Bertz CT molecular complexity index is 395. The summed E-state index contributed by atoms with van der Waals surface area (Å²) in [5, 5.41) is 9.69. The molecule has 0 aliphatic heterocycles. The van der Waals surface area contributed by atoms with Gasteiger partial charge in [-0.1, -0.05) is 18.2 Å². The number of nitrogens with zero attached hydrogens (tertiary/aromatic N) is 1. The predicted octanol–water partition coefficient (Wildman–Crippen LogP) is 1.23. The van der Waals surface area contributed by atoms with E-state index in [4.69, 9.17) is 17.3 Å². The molecule has 1 atom stereocenters. The number of halogens is 1. The van der Waals surface area contributed by atoms with Crippen LogP contribution in [0, 0.1) is 10.1 Å². The van der Waals surface area contributed by atoms with Crippen LogP contribution in [0.3, 0.4) is 0 Å². The molecule has 0 saturated carbocycles. The van der Waals surface area contributed by atoms with Gasteiger partial charge in [-0.3, -0.25) is 14.9 Å². The molecule has 1 aromatic rings. The number of carbonyl (C=O) groups excluding carboxylic acids is 1. The molecule has 0 aliphatic rings. The Morgan fingerprint density at radius 3 is 2.67 bits per heavy atom. The van der Waals surface area contributed by atoms with Gasteiger partial charge < -0.3 is 5.73 Å². The number of benzene rings is 1. The standard InChI is InChI=1S/C9H9ClN2O3/c10-7(9(11)13)5-6-3-1-2-4-8(6)12(14)15/h1-4,7H,5H2,(H2,11,13). The van der Waals surface area contributed by atoms with Crippen LogP contribution in [0.25, 0.3) is 0 Å². The van der Waals surface area contributed by atoms with E-state index >= 15 is 0 Å². The molecule has 1 rings (SSSR count). The van der Waals surface area contributed by atoms with E-state index in [9.17, 15) is 14.9 Å². The molecule has 0 bridgehead atoms. The van der Waals surface area contributed by atoms with Gasteiger partial charge in [0.2, 0.25) is 5.91 Å². The van der Waals surface area contributed by atoms with Crippen LogP contribution in [-0.2, 0) is 11.2 Å². The fourth-order valence-corrected chi connectivity index (χ4v) is 1.32. The maximum absolute atomic E-state index is 10.7. The van der Waals surface area contributed by atoms with Crippen LogP contribution in [0.15, 0.2) is 24.3 Å². The Morgan fingerprint density at radius 2 is 2.13 bits per heavy atom. The molecule has 0 fully saturated rings. The zero-order valence-electron chi connectivity index (χ0n) is 7.72. The second-order valence-electron chi connectivity index (χ2n) is 2.96. The number of amides is 1. The lowest BCUT2D eigenvalue weighted by atomic mass is 10.1. The van der Waals surface area contributed by atoms with E-state index in [1.165, 1.54) is 6.07 Å². The minimum absolute atomic E-state index is 0.0515. The Hall–Kier alpha value is -1.62. The largest absolute Gasteiger partial charge is 0.368 e. The Kier molecular flexibility index (Phi) is 3.62. The summed E-state index contributed by atoms with van der Waals surface area (Å²) in [7, 11) is 0. The molecule has 80 valence electrons. The van der Waals surface area contributed by atoms with Crippen LogP contribution < -0.4 is 5.73 Å². The van der Waals surface area contributed by atoms with Crippen molar-refractivity contribution >= 4 is 23.2 Å². The number of nitrogens with two attached hydrogens (primary N) is 1. The van der Waals surface area contributed by atoms with Crippen molar-refractivity contribution in [1.29, 1.82) is 0 Å². The number of primary amides is 1. The molecule has 1 amide bonds. The summed E-state index contributed by atoms with van der Waals surface area (Å²) in [6.07, 6.45) is 0.0635. The quantitative estimate of drug-likeness (QED) is 0.478. The number of hydrogen-bond donors (Lipinski definition) is 1. The number of nitro benzene ring substituents is 1. The minimum Gasteiger partial charge on any atom is -0.368 e. The summed E-state index contributed by atoms with van der Waals surface area (Å²) in [4.78, 5) is 20.8. The molecular weight excluding hydrogens is 220 g/mol. The predicted molar refractivity (Wildman–Crippen MR) is 55.6 cm³/mol. The first kappa shape index (κ1) is 11.5. The molecular formula is C9H9ClN2O3. The Labute approximate surface area is 91.0 Å². The van der Waals surface area contributed by atoms with Crippen LogP contribution in [0.4, 0.5) is 5.69 Å². The molecule has 15 heavy (non-hydrogen) atoms. The normalized spacial score (nSPS) is 12.1. The van der Waals surface area contributed by atoms with E-state index in [1.807, 2.05) is 0 Å². The van der Waals surface area contributed by atoms with Gasteiger partial charge in [0.05, 0.1) is 4.92 Å². The molecule has 5 nitrogen and oxygen atoms in total. The molecule has 0 spiro atoms. The minimum atomic E-state index is -0.925. The highest BCUT2D eigenvalue weighted by Crippen LogP contribution is 2.20. The van der Waals surface area contributed by atoms with Crippen LogP contribution >= 0.6 is 11.6 Å². The van der Waals surface area contributed by atoms with E-state index in [-0.39, 0.29) is 12.1 Å². The SMILES string of the molecule is NC(=O)C(Cl)Cc1ccccc1[N+](=O)[O-]. The zero-order chi connectivity index (χ0) is 11.4. The molecule has 0 radical (unpaired) electrons. The van der Waals surface area contributed by atoms with Gasteiger partial charge in [0.15, 0.2) is 0 Å². The van der Waals surface area contributed by atoms with Crippen molar-refractivity contribution in [3.8, 4) is 0 Å². The van der Waals surface area contributed by atoms with E-state index < -0.39 is 16.2 Å². The summed E-state index contributed by atoms with van der Waals surface area (Å²) in [5.74, 6) is -0.685. The number of alkyl halides is 1. The Morgan fingerprint density at radius 1 is 1.53 bits per heavy atom. The van der Waals surface area contributed by atoms with Crippen LogP contribution in [0.2, 0.25) is 0 Å². The third-order valence-corrected chi connectivity index (χ3v) is 2.27. The van der Waals surface area contributed by atoms with Crippen molar-refractivity contribution in [2.45, 2.75) is 11.8 Å². The van der Waals surface area contributed by atoms with Gasteiger partial charge in [-0.25, -0.2) is 0 Å². The second kappa shape index (κ2) is 4.75. The summed E-state index contributed by atoms with van der Waals surface area (Å²) in [6.45, 7) is 0. The van der Waals surface area contributed by atoms with Crippen molar-refractivity contribution in [1.82, 2.24) is 0 Å². The third kappa shape index (κ3) is 2.92.